The minimum absolute atomic E-state index is 0.119. The normalized spacial score (nSPS) is 16.7. The Kier molecular flexibility index (Phi) is 6.50. The van der Waals surface area contributed by atoms with Crippen molar-refractivity contribution in [3.63, 3.8) is 0 Å². The standard InChI is InChI=1S/C21H29N3O2S/c1-5-16-6-7-19-17(11-16)12-20(27-19)21(25)23-22-13-18-10-14(2)24(15(18)3)8-9-26-4/h10,12-13,16H,5-9,11H2,1-4H3,(H,23,25)/b22-13+. The Bertz CT molecular complexity index is 835. The summed E-state index contributed by atoms with van der Waals surface area (Å²) in [5.74, 6) is 0.640. The number of aryl methyl sites for hydroxylation is 2. The van der Waals surface area contributed by atoms with Crippen LogP contribution in [0.2, 0.25) is 0 Å². The summed E-state index contributed by atoms with van der Waals surface area (Å²) in [6, 6.07) is 4.14. The fourth-order valence-corrected chi connectivity index (χ4v) is 4.86. The second-order valence-electron chi connectivity index (χ2n) is 7.25. The maximum atomic E-state index is 12.5. The Balaban J connectivity index is 1.64. The van der Waals surface area contributed by atoms with Crippen molar-refractivity contribution >= 4 is 23.5 Å². The molecule has 2 heterocycles. The van der Waals surface area contributed by atoms with E-state index in [1.54, 1.807) is 24.7 Å². The number of thiophene rings is 1. The van der Waals surface area contributed by atoms with Crippen LogP contribution >= 0.6 is 11.3 Å². The molecule has 1 N–H and O–H groups in total. The third kappa shape index (κ3) is 4.50. The van der Waals surface area contributed by atoms with Crippen molar-refractivity contribution in [1.82, 2.24) is 9.99 Å². The predicted octanol–water partition coefficient (Wildman–Crippen LogP) is 4.09. The number of rotatable bonds is 7. The monoisotopic (exact) mass is 387 g/mol. The summed E-state index contributed by atoms with van der Waals surface area (Å²) in [5.41, 5.74) is 7.34. The molecule has 3 rings (SSSR count). The number of hydrogen-bond donors (Lipinski definition) is 1. The topological polar surface area (TPSA) is 55.6 Å². The van der Waals surface area contributed by atoms with E-state index in [1.807, 2.05) is 0 Å². The van der Waals surface area contributed by atoms with E-state index >= 15 is 0 Å². The average Bonchev–Trinajstić information content (AvgIpc) is 3.20. The van der Waals surface area contributed by atoms with Crippen molar-refractivity contribution in [3.05, 3.63) is 44.4 Å². The highest BCUT2D eigenvalue weighted by molar-refractivity contribution is 7.14. The van der Waals surface area contributed by atoms with Gasteiger partial charge < -0.3 is 9.30 Å². The van der Waals surface area contributed by atoms with Crippen LogP contribution in [-0.2, 0) is 24.1 Å². The van der Waals surface area contributed by atoms with Gasteiger partial charge in [-0.25, -0.2) is 5.43 Å². The van der Waals surface area contributed by atoms with Crippen LogP contribution in [-0.4, -0.2) is 30.4 Å². The molecule has 1 aliphatic rings. The molecule has 0 spiro atoms. The van der Waals surface area contributed by atoms with Gasteiger partial charge in [0.05, 0.1) is 17.7 Å². The highest BCUT2D eigenvalue weighted by atomic mass is 32.1. The Hall–Kier alpha value is -1.92. The quantitative estimate of drug-likeness (QED) is 0.575. The van der Waals surface area contributed by atoms with Crippen LogP contribution in [0.5, 0.6) is 0 Å². The van der Waals surface area contributed by atoms with Crippen molar-refractivity contribution in [3.8, 4) is 0 Å². The Morgan fingerprint density at radius 3 is 3.00 bits per heavy atom. The molecule has 27 heavy (non-hydrogen) atoms. The zero-order chi connectivity index (χ0) is 19.4. The van der Waals surface area contributed by atoms with Gasteiger partial charge >= 0.3 is 0 Å². The van der Waals surface area contributed by atoms with E-state index in [4.69, 9.17) is 4.74 Å². The summed E-state index contributed by atoms with van der Waals surface area (Å²) >= 11 is 1.62. The Morgan fingerprint density at radius 1 is 1.44 bits per heavy atom. The summed E-state index contributed by atoms with van der Waals surface area (Å²) in [5, 5.41) is 4.19. The molecule has 0 aromatic carbocycles. The minimum Gasteiger partial charge on any atom is -0.383 e. The van der Waals surface area contributed by atoms with Crippen molar-refractivity contribution in [1.29, 1.82) is 0 Å². The number of aromatic nitrogens is 1. The summed E-state index contributed by atoms with van der Waals surface area (Å²) in [4.78, 5) is 14.6. The molecule has 1 atom stereocenters. The summed E-state index contributed by atoms with van der Waals surface area (Å²) in [6.07, 6.45) is 6.38. The van der Waals surface area contributed by atoms with Crippen molar-refractivity contribution in [2.45, 2.75) is 53.0 Å². The fraction of sp³-hybridized carbons (Fsp3) is 0.524. The molecule has 0 saturated carbocycles. The van der Waals surface area contributed by atoms with Gasteiger partial charge in [-0.3, -0.25) is 4.79 Å². The molecule has 1 aliphatic carbocycles. The second-order valence-corrected chi connectivity index (χ2v) is 8.38. The van der Waals surface area contributed by atoms with E-state index in [0.29, 0.717) is 6.61 Å². The van der Waals surface area contributed by atoms with Crippen LogP contribution in [0.25, 0.3) is 0 Å². The molecule has 0 saturated heterocycles. The van der Waals surface area contributed by atoms with Crippen LogP contribution in [0.4, 0.5) is 0 Å². The van der Waals surface area contributed by atoms with Gasteiger partial charge in [-0.05, 0) is 56.7 Å². The number of hydrogen-bond acceptors (Lipinski definition) is 4. The fourth-order valence-electron chi connectivity index (χ4n) is 3.76. The van der Waals surface area contributed by atoms with E-state index in [-0.39, 0.29) is 5.91 Å². The zero-order valence-corrected chi connectivity index (χ0v) is 17.5. The average molecular weight is 388 g/mol. The predicted molar refractivity (Wildman–Crippen MR) is 111 cm³/mol. The largest absolute Gasteiger partial charge is 0.383 e. The number of nitrogens with zero attached hydrogens (tertiary/aromatic N) is 2. The molecule has 1 amide bonds. The summed E-state index contributed by atoms with van der Waals surface area (Å²) < 4.78 is 7.36. The molecule has 2 aromatic rings. The molecule has 146 valence electrons. The lowest BCUT2D eigenvalue weighted by Gasteiger charge is -2.19. The van der Waals surface area contributed by atoms with Crippen LogP contribution in [0.15, 0.2) is 17.2 Å². The van der Waals surface area contributed by atoms with Crippen molar-refractivity contribution < 1.29 is 9.53 Å². The molecule has 5 nitrogen and oxygen atoms in total. The molecule has 0 fully saturated rings. The van der Waals surface area contributed by atoms with Crippen LogP contribution in [0, 0.1) is 19.8 Å². The van der Waals surface area contributed by atoms with Gasteiger partial charge in [0.15, 0.2) is 0 Å². The summed E-state index contributed by atoms with van der Waals surface area (Å²) in [7, 11) is 1.71. The van der Waals surface area contributed by atoms with Gasteiger partial charge in [-0.2, -0.15) is 5.10 Å². The smallest absolute Gasteiger partial charge is 0.281 e. The maximum absolute atomic E-state index is 12.5. The number of amides is 1. The van der Waals surface area contributed by atoms with Gasteiger partial charge in [0.25, 0.3) is 5.91 Å². The van der Waals surface area contributed by atoms with E-state index in [1.165, 1.54) is 23.3 Å². The molecule has 0 radical (unpaired) electrons. The van der Waals surface area contributed by atoms with E-state index in [2.05, 4.69) is 48.0 Å². The lowest BCUT2D eigenvalue weighted by molar-refractivity contribution is 0.0959. The number of ether oxygens (including phenoxy) is 1. The SMILES string of the molecule is CCC1CCc2sc(C(=O)N/N=C/c3cc(C)n(CCOC)c3C)cc2C1. The lowest BCUT2D eigenvalue weighted by Crippen LogP contribution is -2.16. The summed E-state index contributed by atoms with van der Waals surface area (Å²) in [6.45, 7) is 7.86. The number of carbonyl (C=O) groups is 1. The Morgan fingerprint density at radius 2 is 2.26 bits per heavy atom. The van der Waals surface area contributed by atoms with Crippen LogP contribution < -0.4 is 5.43 Å². The van der Waals surface area contributed by atoms with Crippen LogP contribution in [0.1, 0.15) is 56.8 Å². The van der Waals surface area contributed by atoms with Gasteiger partial charge in [0.2, 0.25) is 0 Å². The third-order valence-electron chi connectivity index (χ3n) is 5.49. The number of hydrazone groups is 1. The van der Waals surface area contributed by atoms with Gasteiger partial charge in [-0.15, -0.1) is 11.3 Å². The first-order valence-electron chi connectivity index (χ1n) is 9.64. The lowest BCUT2D eigenvalue weighted by atomic mass is 9.87. The second kappa shape index (κ2) is 8.85. The number of methoxy groups -OCH3 is 1. The first kappa shape index (κ1) is 19.8. The molecule has 0 bridgehead atoms. The van der Waals surface area contributed by atoms with Gasteiger partial charge in [0.1, 0.15) is 0 Å². The minimum atomic E-state index is -0.119. The highest BCUT2D eigenvalue weighted by Gasteiger charge is 2.21. The first-order chi connectivity index (χ1) is 13.0. The zero-order valence-electron chi connectivity index (χ0n) is 16.7. The highest BCUT2D eigenvalue weighted by Crippen LogP contribution is 2.33. The molecule has 2 aromatic heterocycles. The van der Waals surface area contributed by atoms with E-state index < -0.39 is 0 Å². The molecule has 0 aliphatic heterocycles. The Labute approximate surface area is 165 Å². The number of carbonyl (C=O) groups excluding carboxylic acids is 1. The van der Waals surface area contributed by atoms with Gasteiger partial charge in [0, 0.05) is 35.5 Å². The third-order valence-corrected chi connectivity index (χ3v) is 6.72. The van der Waals surface area contributed by atoms with E-state index in [9.17, 15) is 4.79 Å². The maximum Gasteiger partial charge on any atom is 0.281 e. The van der Waals surface area contributed by atoms with E-state index in [0.717, 1.165) is 47.1 Å². The van der Waals surface area contributed by atoms with Crippen LogP contribution in [0.3, 0.4) is 0 Å². The number of nitrogens with one attached hydrogen (secondary N) is 1. The number of fused-ring (bicyclic) bond motifs is 1. The molecular formula is C21H29N3O2S. The molecule has 6 heteroatoms. The van der Waals surface area contributed by atoms with Gasteiger partial charge in [-0.1, -0.05) is 13.3 Å². The molecule has 1 unspecified atom stereocenters. The first-order valence-corrected chi connectivity index (χ1v) is 10.5. The van der Waals surface area contributed by atoms with Crippen molar-refractivity contribution in [2.24, 2.45) is 11.0 Å². The molecular weight excluding hydrogens is 358 g/mol. The van der Waals surface area contributed by atoms with Crippen molar-refractivity contribution in [2.75, 3.05) is 13.7 Å².